The molecule has 1 heterocycles. The molecule has 0 atom stereocenters. The number of anilines is 1. The highest BCUT2D eigenvalue weighted by Gasteiger charge is 2.23. The number of hydrogen-bond donors (Lipinski definition) is 2. The largest absolute Gasteiger partial charge is 0.490 e. The van der Waals surface area contributed by atoms with E-state index in [0.717, 1.165) is 6.20 Å². The molecule has 0 aliphatic carbocycles. The van der Waals surface area contributed by atoms with E-state index in [1.807, 2.05) is 0 Å². The molecule has 0 aliphatic rings. The molecule has 1 amide bonds. The van der Waals surface area contributed by atoms with E-state index in [2.05, 4.69) is 20.3 Å². The van der Waals surface area contributed by atoms with Gasteiger partial charge in [0.15, 0.2) is 11.5 Å². The standard InChI is InChI=1S/C13H12F2N4O5/c1-2-23-10-5-7(3-4-9(10)24-13(14)15)17-12(20)11-8(19(21)22)6-16-18-11/h3-6,13H,2H2,1H3,(H,16,18)(H,17,20). The highest BCUT2D eigenvalue weighted by Crippen LogP contribution is 2.32. The van der Waals surface area contributed by atoms with Crippen LogP contribution < -0.4 is 14.8 Å². The van der Waals surface area contributed by atoms with Crippen LogP contribution >= 0.6 is 0 Å². The van der Waals surface area contributed by atoms with Crippen molar-refractivity contribution < 1.29 is 28.0 Å². The molecule has 0 saturated carbocycles. The third-order valence-corrected chi connectivity index (χ3v) is 2.76. The summed E-state index contributed by atoms with van der Waals surface area (Å²) in [5.74, 6) is -1.02. The number of alkyl halides is 2. The van der Waals surface area contributed by atoms with Crippen LogP contribution in [-0.2, 0) is 0 Å². The van der Waals surface area contributed by atoms with E-state index >= 15 is 0 Å². The Kier molecular flexibility index (Phi) is 5.24. The summed E-state index contributed by atoms with van der Waals surface area (Å²) in [4.78, 5) is 22.1. The van der Waals surface area contributed by atoms with Crippen molar-refractivity contribution >= 4 is 17.3 Å². The highest BCUT2D eigenvalue weighted by atomic mass is 19.3. The van der Waals surface area contributed by atoms with Gasteiger partial charge in [-0.2, -0.15) is 13.9 Å². The summed E-state index contributed by atoms with van der Waals surface area (Å²) < 4.78 is 34.1. The zero-order chi connectivity index (χ0) is 17.7. The molecule has 128 valence electrons. The SMILES string of the molecule is CCOc1cc(NC(=O)c2[nH]ncc2[N+](=O)[O-])ccc1OC(F)F. The quantitative estimate of drug-likeness (QED) is 0.589. The minimum absolute atomic E-state index is 0.00490. The van der Waals surface area contributed by atoms with Crippen molar-refractivity contribution in [1.29, 1.82) is 0 Å². The number of benzene rings is 1. The van der Waals surface area contributed by atoms with Crippen molar-refractivity contribution in [2.45, 2.75) is 13.5 Å². The van der Waals surface area contributed by atoms with Crippen molar-refractivity contribution in [2.75, 3.05) is 11.9 Å². The summed E-state index contributed by atoms with van der Waals surface area (Å²) in [6.45, 7) is -1.20. The average molecular weight is 342 g/mol. The van der Waals surface area contributed by atoms with Gasteiger partial charge >= 0.3 is 12.3 Å². The minimum Gasteiger partial charge on any atom is -0.490 e. The number of amides is 1. The Balaban J connectivity index is 2.22. The Labute approximate surface area is 133 Å². The van der Waals surface area contributed by atoms with Crippen LogP contribution in [0.15, 0.2) is 24.4 Å². The molecular formula is C13H12F2N4O5. The number of carbonyl (C=O) groups excluding carboxylic acids is 1. The second kappa shape index (κ2) is 7.35. The third kappa shape index (κ3) is 3.94. The lowest BCUT2D eigenvalue weighted by molar-refractivity contribution is -0.385. The maximum atomic E-state index is 12.3. The lowest BCUT2D eigenvalue weighted by Gasteiger charge is -2.13. The van der Waals surface area contributed by atoms with Crippen LogP contribution in [-0.4, -0.2) is 34.2 Å². The van der Waals surface area contributed by atoms with Gasteiger partial charge in [-0.3, -0.25) is 20.0 Å². The second-order valence-electron chi connectivity index (χ2n) is 4.31. The highest BCUT2D eigenvalue weighted by molar-refractivity contribution is 6.05. The van der Waals surface area contributed by atoms with Crippen LogP contribution in [0.1, 0.15) is 17.4 Å². The summed E-state index contributed by atoms with van der Waals surface area (Å²) in [5, 5.41) is 18.8. The van der Waals surface area contributed by atoms with E-state index in [1.54, 1.807) is 6.92 Å². The predicted octanol–water partition coefficient (Wildman–Crippen LogP) is 2.57. The number of aromatic nitrogens is 2. The van der Waals surface area contributed by atoms with Crippen LogP contribution in [0.4, 0.5) is 20.2 Å². The van der Waals surface area contributed by atoms with E-state index < -0.39 is 23.1 Å². The number of hydrogen-bond acceptors (Lipinski definition) is 6. The second-order valence-corrected chi connectivity index (χ2v) is 4.31. The molecule has 2 rings (SSSR count). The Bertz CT molecular complexity index is 750. The van der Waals surface area contributed by atoms with Gasteiger partial charge in [-0.1, -0.05) is 0 Å². The molecule has 0 fully saturated rings. The maximum absolute atomic E-state index is 12.3. The maximum Gasteiger partial charge on any atom is 0.387 e. The fourth-order valence-corrected chi connectivity index (χ4v) is 1.83. The Hall–Kier alpha value is -3.24. The van der Waals surface area contributed by atoms with Crippen LogP contribution in [0, 0.1) is 10.1 Å². The Morgan fingerprint density at radius 3 is 2.83 bits per heavy atom. The molecule has 24 heavy (non-hydrogen) atoms. The number of H-pyrrole nitrogens is 1. The lowest BCUT2D eigenvalue weighted by Crippen LogP contribution is -2.14. The third-order valence-electron chi connectivity index (χ3n) is 2.76. The molecule has 1 aromatic carbocycles. The lowest BCUT2D eigenvalue weighted by atomic mass is 10.2. The fraction of sp³-hybridized carbons (Fsp3) is 0.231. The molecule has 1 aromatic heterocycles. The summed E-state index contributed by atoms with van der Waals surface area (Å²) >= 11 is 0. The molecule has 0 radical (unpaired) electrons. The normalized spacial score (nSPS) is 10.5. The number of carbonyl (C=O) groups is 1. The van der Waals surface area contributed by atoms with Gasteiger partial charge in [-0.05, 0) is 19.1 Å². The molecule has 2 aromatic rings. The van der Waals surface area contributed by atoms with Crippen molar-refractivity contribution in [3.8, 4) is 11.5 Å². The molecule has 0 unspecified atom stereocenters. The fourth-order valence-electron chi connectivity index (χ4n) is 1.83. The summed E-state index contributed by atoms with van der Waals surface area (Å²) in [5.41, 5.74) is -0.657. The van der Waals surface area contributed by atoms with E-state index in [1.165, 1.54) is 18.2 Å². The van der Waals surface area contributed by atoms with Gasteiger partial charge in [0.25, 0.3) is 5.91 Å². The van der Waals surface area contributed by atoms with Crippen molar-refractivity contribution in [3.05, 3.63) is 40.2 Å². The van der Waals surface area contributed by atoms with E-state index in [-0.39, 0.29) is 29.5 Å². The van der Waals surface area contributed by atoms with Gasteiger partial charge in [0.05, 0.1) is 11.5 Å². The minimum atomic E-state index is -3.03. The van der Waals surface area contributed by atoms with Crippen molar-refractivity contribution in [1.82, 2.24) is 10.2 Å². The number of aromatic amines is 1. The van der Waals surface area contributed by atoms with Crippen LogP contribution in [0.25, 0.3) is 0 Å². The first-order valence-corrected chi connectivity index (χ1v) is 6.63. The molecule has 9 nitrogen and oxygen atoms in total. The van der Waals surface area contributed by atoms with Crippen LogP contribution in [0.5, 0.6) is 11.5 Å². The van der Waals surface area contributed by atoms with Crippen LogP contribution in [0.2, 0.25) is 0 Å². The Morgan fingerprint density at radius 2 is 2.21 bits per heavy atom. The molecule has 2 N–H and O–H groups in total. The van der Waals surface area contributed by atoms with Gasteiger partial charge < -0.3 is 14.8 Å². The van der Waals surface area contributed by atoms with Crippen molar-refractivity contribution in [3.63, 3.8) is 0 Å². The number of nitro groups is 1. The monoisotopic (exact) mass is 342 g/mol. The molecule has 0 aliphatic heterocycles. The average Bonchev–Trinajstić information content (AvgIpc) is 2.99. The summed E-state index contributed by atoms with van der Waals surface area (Å²) in [6, 6.07) is 3.75. The van der Waals surface area contributed by atoms with Gasteiger partial charge in [0.2, 0.25) is 5.69 Å². The van der Waals surface area contributed by atoms with Gasteiger partial charge in [-0.15, -0.1) is 0 Å². The first-order chi connectivity index (χ1) is 11.4. The molecule has 11 heteroatoms. The number of nitrogens with one attached hydrogen (secondary N) is 2. The van der Waals surface area contributed by atoms with Crippen LogP contribution in [0.3, 0.4) is 0 Å². The number of ether oxygens (including phenoxy) is 2. The van der Waals surface area contributed by atoms with Crippen molar-refractivity contribution in [2.24, 2.45) is 0 Å². The molecule has 0 bridgehead atoms. The van der Waals surface area contributed by atoms with Gasteiger partial charge in [0, 0.05) is 11.8 Å². The number of nitrogens with zero attached hydrogens (tertiary/aromatic N) is 2. The van der Waals surface area contributed by atoms with Gasteiger partial charge in [-0.25, -0.2) is 0 Å². The predicted molar refractivity (Wildman–Crippen MR) is 77.4 cm³/mol. The number of halogens is 2. The molecular weight excluding hydrogens is 330 g/mol. The first kappa shape index (κ1) is 17.1. The molecule has 0 spiro atoms. The summed E-state index contributed by atoms with van der Waals surface area (Å²) in [7, 11) is 0. The summed E-state index contributed by atoms with van der Waals surface area (Å²) in [6.07, 6.45) is 0.903. The van der Waals surface area contributed by atoms with E-state index in [4.69, 9.17) is 4.74 Å². The number of rotatable bonds is 7. The Morgan fingerprint density at radius 1 is 1.46 bits per heavy atom. The zero-order valence-electron chi connectivity index (χ0n) is 12.3. The van der Waals surface area contributed by atoms with E-state index in [0.29, 0.717) is 0 Å². The smallest absolute Gasteiger partial charge is 0.387 e. The zero-order valence-corrected chi connectivity index (χ0v) is 12.3. The van der Waals surface area contributed by atoms with Gasteiger partial charge in [0.1, 0.15) is 6.20 Å². The van der Waals surface area contributed by atoms with E-state index in [9.17, 15) is 23.7 Å². The topological polar surface area (TPSA) is 119 Å². The first-order valence-electron chi connectivity index (χ1n) is 6.63. The molecule has 0 saturated heterocycles.